The number of rotatable bonds is 4. The highest BCUT2D eigenvalue weighted by atomic mass is 16.2. The van der Waals surface area contributed by atoms with Crippen molar-refractivity contribution in [3.8, 4) is 6.07 Å². The molecule has 3 atom stereocenters. The summed E-state index contributed by atoms with van der Waals surface area (Å²) in [5.41, 5.74) is -0.607. The van der Waals surface area contributed by atoms with Crippen molar-refractivity contribution < 1.29 is 4.79 Å². The molecule has 1 N–H and O–H groups in total. The van der Waals surface area contributed by atoms with Crippen LogP contribution in [-0.4, -0.2) is 35.5 Å². The van der Waals surface area contributed by atoms with Gasteiger partial charge in [-0.15, -0.1) is 0 Å². The Morgan fingerprint density at radius 3 is 2.50 bits per heavy atom. The maximum atomic E-state index is 12.8. The summed E-state index contributed by atoms with van der Waals surface area (Å²) in [5.74, 6) is 0.917. The van der Waals surface area contributed by atoms with Gasteiger partial charge >= 0.3 is 0 Å². The predicted octanol–water partition coefficient (Wildman–Crippen LogP) is 2.06. The summed E-state index contributed by atoms with van der Waals surface area (Å²) >= 11 is 0. The van der Waals surface area contributed by atoms with E-state index in [0.29, 0.717) is 5.92 Å². The number of hydrogen-bond donors (Lipinski definition) is 1. The summed E-state index contributed by atoms with van der Waals surface area (Å²) in [6.45, 7) is 4.19. The number of amides is 1. The van der Waals surface area contributed by atoms with Crippen LogP contribution in [0.1, 0.15) is 51.9 Å². The summed E-state index contributed by atoms with van der Waals surface area (Å²) in [5, 5.41) is 12.7. The van der Waals surface area contributed by atoms with E-state index in [9.17, 15) is 10.1 Å². The summed E-state index contributed by atoms with van der Waals surface area (Å²) in [6, 6.07) is 2.44. The molecule has 0 spiro atoms. The number of nitrogens with one attached hydrogen (secondary N) is 1. The molecule has 0 unspecified atom stereocenters. The molecule has 2 saturated carbocycles. The van der Waals surface area contributed by atoms with Gasteiger partial charge in [0.1, 0.15) is 5.54 Å². The Hall–Kier alpha value is -1.08. The zero-order chi connectivity index (χ0) is 14.2. The van der Waals surface area contributed by atoms with Crippen molar-refractivity contribution in [2.75, 3.05) is 13.1 Å². The van der Waals surface area contributed by atoms with Crippen LogP contribution in [0.5, 0.6) is 0 Å². The second kappa shape index (κ2) is 5.37. The smallest absolute Gasteiger partial charge is 0.238 e. The molecule has 3 aliphatic rings. The standard InChI is InChI=1S/C16H25N3O/c1-12-5-4-8-16(12,11-17)18-15(20)14(13-6-7-13)19-9-2-3-10-19/h12-14H,2-10H2,1H3,(H,18,20)/t12-,14-,16-/m1/s1. The molecule has 0 aromatic heterocycles. The number of carbonyl (C=O) groups excluding carboxylic acids is 1. The third-order valence-electron chi connectivity index (χ3n) is 5.47. The van der Waals surface area contributed by atoms with E-state index in [1.165, 1.54) is 25.7 Å². The average molecular weight is 275 g/mol. The van der Waals surface area contributed by atoms with E-state index in [1.54, 1.807) is 0 Å². The van der Waals surface area contributed by atoms with Crippen molar-refractivity contribution >= 4 is 5.91 Å². The zero-order valence-corrected chi connectivity index (χ0v) is 12.4. The highest BCUT2D eigenvalue weighted by Gasteiger charge is 2.47. The summed E-state index contributed by atoms with van der Waals surface area (Å²) in [6.07, 6.45) is 7.66. The van der Waals surface area contributed by atoms with Crippen LogP contribution in [0.15, 0.2) is 0 Å². The van der Waals surface area contributed by atoms with Gasteiger partial charge in [0.15, 0.2) is 0 Å². The average Bonchev–Trinajstić information content (AvgIpc) is 2.97. The van der Waals surface area contributed by atoms with E-state index in [-0.39, 0.29) is 17.9 Å². The number of nitrogens with zero attached hydrogens (tertiary/aromatic N) is 2. The Morgan fingerprint density at radius 2 is 2.00 bits per heavy atom. The lowest BCUT2D eigenvalue weighted by Crippen LogP contribution is -2.56. The van der Waals surface area contributed by atoms with Crippen LogP contribution >= 0.6 is 0 Å². The maximum absolute atomic E-state index is 12.8. The topological polar surface area (TPSA) is 56.1 Å². The highest BCUT2D eigenvalue weighted by molar-refractivity contribution is 5.83. The van der Waals surface area contributed by atoms with Crippen molar-refractivity contribution in [3.05, 3.63) is 0 Å². The second-order valence-corrected chi connectivity index (χ2v) is 6.89. The highest BCUT2D eigenvalue weighted by Crippen LogP contribution is 2.39. The molecule has 4 nitrogen and oxygen atoms in total. The molecule has 20 heavy (non-hydrogen) atoms. The molecule has 3 fully saturated rings. The van der Waals surface area contributed by atoms with E-state index in [1.807, 2.05) is 0 Å². The van der Waals surface area contributed by atoms with Crippen molar-refractivity contribution in [2.45, 2.75) is 63.5 Å². The molecule has 1 amide bonds. The molecule has 4 heteroatoms. The Labute approximate surface area is 121 Å². The lowest BCUT2D eigenvalue weighted by Gasteiger charge is -2.33. The summed E-state index contributed by atoms with van der Waals surface area (Å²) in [4.78, 5) is 15.1. The molecule has 1 aliphatic heterocycles. The van der Waals surface area contributed by atoms with Gasteiger partial charge in [-0.1, -0.05) is 6.92 Å². The Bertz CT molecular complexity index is 420. The molecule has 1 heterocycles. The summed E-state index contributed by atoms with van der Waals surface area (Å²) < 4.78 is 0. The molecule has 2 aliphatic carbocycles. The quantitative estimate of drug-likeness (QED) is 0.854. The van der Waals surface area contributed by atoms with Crippen LogP contribution in [0.25, 0.3) is 0 Å². The molecule has 3 rings (SSSR count). The Kier molecular flexibility index (Phi) is 3.72. The lowest BCUT2D eigenvalue weighted by atomic mass is 9.89. The lowest BCUT2D eigenvalue weighted by molar-refractivity contribution is -0.128. The van der Waals surface area contributed by atoms with Gasteiger partial charge in [0.25, 0.3) is 0 Å². The van der Waals surface area contributed by atoms with Gasteiger partial charge in [0, 0.05) is 0 Å². The van der Waals surface area contributed by atoms with Crippen LogP contribution in [0, 0.1) is 23.2 Å². The minimum Gasteiger partial charge on any atom is -0.336 e. The van der Waals surface area contributed by atoms with Gasteiger partial charge < -0.3 is 5.32 Å². The minimum absolute atomic E-state index is 0.0236. The molecule has 1 saturated heterocycles. The van der Waals surface area contributed by atoms with Gasteiger partial charge in [-0.25, -0.2) is 0 Å². The second-order valence-electron chi connectivity index (χ2n) is 6.89. The number of hydrogen-bond acceptors (Lipinski definition) is 3. The fourth-order valence-electron chi connectivity index (χ4n) is 3.96. The monoisotopic (exact) mass is 275 g/mol. The fourth-order valence-corrected chi connectivity index (χ4v) is 3.96. The van der Waals surface area contributed by atoms with Crippen LogP contribution < -0.4 is 5.32 Å². The largest absolute Gasteiger partial charge is 0.336 e. The van der Waals surface area contributed by atoms with Gasteiger partial charge in [-0.05, 0) is 69.9 Å². The van der Waals surface area contributed by atoms with Crippen LogP contribution in [-0.2, 0) is 4.79 Å². The van der Waals surface area contributed by atoms with Gasteiger partial charge in [0.05, 0.1) is 12.1 Å². The fraction of sp³-hybridized carbons (Fsp3) is 0.875. The third-order valence-corrected chi connectivity index (χ3v) is 5.47. The van der Waals surface area contributed by atoms with Crippen LogP contribution in [0.4, 0.5) is 0 Å². The predicted molar refractivity (Wildman–Crippen MR) is 76.8 cm³/mol. The van der Waals surface area contributed by atoms with Crippen molar-refractivity contribution in [3.63, 3.8) is 0 Å². The first-order valence-electron chi connectivity index (χ1n) is 8.13. The van der Waals surface area contributed by atoms with Crippen molar-refractivity contribution in [1.82, 2.24) is 10.2 Å². The first kappa shape index (κ1) is 13.9. The normalized spacial score (nSPS) is 35.7. The zero-order valence-electron chi connectivity index (χ0n) is 12.4. The number of carbonyl (C=O) groups is 1. The Balaban J connectivity index is 1.71. The summed E-state index contributed by atoms with van der Waals surface area (Å²) in [7, 11) is 0. The van der Waals surface area contributed by atoms with Crippen molar-refractivity contribution in [2.24, 2.45) is 11.8 Å². The molecule has 0 aromatic carbocycles. The van der Waals surface area contributed by atoms with Gasteiger partial charge in [-0.3, -0.25) is 9.69 Å². The SMILES string of the molecule is C[C@@H]1CCC[C@]1(C#N)NC(=O)[C@@H](C1CC1)N1CCCC1. The van der Waals surface area contributed by atoms with E-state index < -0.39 is 5.54 Å². The van der Waals surface area contributed by atoms with E-state index in [0.717, 1.165) is 32.4 Å². The minimum atomic E-state index is -0.607. The van der Waals surface area contributed by atoms with Gasteiger partial charge in [-0.2, -0.15) is 5.26 Å². The maximum Gasteiger partial charge on any atom is 0.238 e. The molecular formula is C16H25N3O. The van der Waals surface area contributed by atoms with Crippen molar-refractivity contribution in [1.29, 1.82) is 5.26 Å². The number of likely N-dealkylation sites (tertiary alicyclic amines) is 1. The third kappa shape index (κ3) is 2.44. The molecular weight excluding hydrogens is 250 g/mol. The van der Waals surface area contributed by atoms with Crippen LogP contribution in [0.2, 0.25) is 0 Å². The van der Waals surface area contributed by atoms with Crippen LogP contribution in [0.3, 0.4) is 0 Å². The van der Waals surface area contributed by atoms with Gasteiger partial charge in [0.2, 0.25) is 5.91 Å². The molecule has 0 radical (unpaired) electrons. The van der Waals surface area contributed by atoms with E-state index >= 15 is 0 Å². The van der Waals surface area contributed by atoms with E-state index in [2.05, 4.69) is 23.2 Å². The first-order chi connectivity index (χ1) is 9.66. The molecule has 0 bridgehead atoms. The molecule has 0 aromatic rings. The number of nitriles is 1. The first-order valence-corrected chi connectivity index (χ1v) is 8.13. The van der Waals surface area contributed by atoms with E-state index in [4.69, 9.17) is 0 Å². The Morgan fingerprint density at radius 1 is 1.30 bits per heavy atom. The molecule has 110 valence electrons.